The van der Waals surface area contributed by atoms with E-state index in [0.717, 1.165) is 11.1 Å². The molecule has 2 N–H and O–H groups in total. The van der Waals surface area contributed by atoms with Gasteiger partial charge in [-0.25, -0.2) is 4.98 Å². The lowest BCUT2D eigenvalue weighted by atomic mass is 10.1. The SMILES string of the molecule is Cc1ccc(Cn2c(=O)c(C3=NS(=O)(=O)c4ccccc4N3)c(O)c3cccnc32)cc1. The summed E-state index contributed by atoms with van der Waals surface area (Å²) in [5.41, 5.74) is 1.69. The van der Waals surface area contributed by atoms with E-state index >= 15 is 0 Å². The van der Waals surface area contributed by atoms with E-state index in [4.69, 9.17) is 0 Å². The molecule has 3 heterocycles. The van der Waals surface area contributed by atoms with Gasteiger partial charge in [-0.2, -0.15) is 8.42 Å². The number of nitrogens with zero attached hydrogens (tertiary/aromatic N) is 3. The maximum Gasteiger partial charge on any atom is 0.286 e. The van der Waals surface area contributed by atoms with Crippen molar-refractivity contribution in [3.63, 3.8) is 0 Å². The number of aromatic nitrogens is 2. The van der Waals surface area contributed by atoms with Crippen molar-refractivity contribution in [3.05, 3.63) is 93.9 Å². The van der Waals surface area contributed by atoms with E-state index < -0.39 is 15.6 Å². The van der Waals surface area contributed by atoms with Crippen molar-refractivity contribution in [1.29, 1.82) is 0 Å². The molecule has 0 unspecified atom stereocenters. The maximum absolute atomic E-state index is 13.5. The lowest BCUT2D eigenvalue weighted by Crippen LogP contribution is -2.33. The molecule has 0 aliphatic carbocycles. The Morgan fingerprint density at radius 3 is 2.56 bits per heavy atom. The minimum absolute atomic E-state index is 0.00526. The number of aryl methyl sites for hydroxylation is 1. The molecule has 2 aromatic heterocycles. The first kappa shape index (κ1) is 20.0. The molecule has 0 spiro atoms. The number of benzene rings is 2. The number of sulfonamides is 1. The van der Waals surface area contributed by atoms with Crippen LogP contribution in [0.3, 0.4) is 0 Å². The largest absolute Gasteiger partial charge is 0.506 e. The number of pyridine rings is 2. The number of nitrogens with one attached hydrogen (secondary N) is 1. The molecule has 9 heteroatoms. The third-order valence-corrected chi connectivity index (χ3v) is 6.66. The molecule has 0 fully saturated rings. The third-order valence-electron chi connectivity index (χ3n) is 5.32. The zero-order valence-electron chi connectivity index (χ0n) is 17.0. The smallest absolute Gasteiger partial charge is 0.286 e. The van der Waals surface area contributed by atoms with Crippen molar-refractivity contribution in [1.82, 2.24) is 9.55 Å². The first-order valence-electron chi connectivity index (χ1n) is 9.82. The highest BCUT2D eigenvalue weighted by atomic mass is 32.2. The molecule has 160 valence electrons. The number of hydrogen-bond acceptors (Lipinski definition) is 6. The Morgan fingerprint density at radius 2 is 1.78 bits per heavy atom. The van der Waals surface area contributed by atoms with Crippen LogP contribution in [0.2, 0.25) is 0 Å². The molecule has 0 saturated carbocycles. The van der Waals surface area contributed by atoms with E-state index in [0.29, 0.717) is 11.0 Å². The van der Waals surface area contributed by atoms with E-state index in [2.05, 4.69) is 14.7 Å². The fraction of sp³-hybridized carbons (Fsp3) is 0.0870. The zero-order chi connectivity index (χ0) is 22.5. The van der Waals surface area contributed by atoms with Gasteiger partial charge in [0.25, 0.3) is 15.6 Å². The van der Waals surface area contributed by atoms with E-state index in [1.165, 1.54) is 16.8 Å². The maximum atomic E-state index is 13.5. The standard InChI is InChI=1S/C23H18N4O4S/c1-14-8-10-15(11-9-14)13-27-22-16(5-4-12-24-22)20(28)19(23(27)29)21-25-17-6-2-3-7-18(17)32(30,31)26-21/h2-12,28H,13H2,1H3,(H,25,26). The van der Waals surface area contributed by atoms with Gasteiger partial charge in [0.1, 0.15) is 21.9 Å². The summed E-state index contributed by atoms with van der Waals surface area (Å²) < 4.78 is 30.6. The summed E-state index contributed by atoms with van der Waals surface area (Å²) in [6.07, 6.45) is 1.53. The molecule has 8 nitrogen and oxygen atoms in total. The van der Waals surface area contributed by atoms with Crippen molar-refractivity contribution in [3.8, 4) is 5.75 Å². The predicted octanol–water partition coefficient (Wildman–Crippen LogP) is 3.02. The van der Waals surface area contributed by atoms with E-state index in [9.17, 15) is 18.3 Å². The third kappa shape index (κ3) is 3.23. The normalized spacial score (nSPS) is 14.5. The molecule has 4 aromatic rings. The predicted molar refractivity (Wildman–Crippen MR) is 122 cm³/mol. The van der Waals surface area contributed by atoms with Gasteiger partial charge in [-0.05, 0) is 36.8 Å². The van der Waals surface area contributed by atoms with Crippen LogP contribution in [0.25, 0.3) is 11.0 Å². The quantitative estimate of drug-likeness (QED) is 0.500. The Hall–Kier alpha value is -3.98. The number of fused-ring (bicyclic) bond motifs is 2. The van der Waals surface area contributed by atoms with Crippen LogP contribution in [-0.2, 0) is 16.6 Å². The second-order valence-electron chi connectivity index (χ2n) is 7.51. The van der Waals surface area contributed by atoms with Crippen LogP contribution in [0, 0.1) is 6.92 Å². The highest BCUT2D eigenvalue weighted by Gasteiger charge is 2.29. The summed E-state index contributed by atoms with van der Waals surface area (Å²) in [6, 6.07) is 17.2. The van der Waals surface area contributed by atoms with E-state index in [-0.39, 0.29) is 34.3 Å². The number of rotatable bonds is 3. The van der Waals surface area contributed by atoms with Crippen molar-refractivity contribution >= 4 is 32.6 Å². The van der Waals surface area contributed by atoms with E-state index in [1.54, 1.807) is 30.3 Å². The summed E-state index contributed by atoms with van der Waals surface area (Å²) in [4.78, 5) is 17.8. The van der Waals surface area contributed by atoms with Gasteiger partial charge < -0.3 is 10.4 Å². The van der Waals surface area contributed by atoms with Crippen LogP contribution in [0.1, 0.15) is 16.7 Å². The number of anilines is 1. The number of hydrogen-bond donors (Lipinski definition) is 2. The molecule has 0 bridgehead atoms. The second-order valence-corrected chi connectivity index (χ2v) is 9.08. The fourth-order valence-corrected chi connectivity index (χ4v) is 4.85. The molecule has 0 amide bonds. The molecule has 0 saturated heterocycles. The Kier molecular flexibility index (Phi) is 4.56. The number of amidine groups is 1. The summed E-state index contributed by atoms with van der Waals surface area (Å²) in [6.45, 7) is 2.16. The Bertz CT molecular complexity index is 1570. The van der Waals surface area contributed by atoms with Crippen LogP contribution >= 0.6 is 0 Å². The van der Waals surface area contributed by atoms with Gasteiger partial charge in [0, 0.05) is 6.20 Å². The number of aromatic hydroxyl groups is 1. The van der Waals surface area contributed by atoms with Crippen LogP contribution in [0.5, 0.6) is 5.75 Å². The fourth-order valence-electron chi connectivity index (χ4n) is 3.72. The molecule has 1 aliphatic rings. The van der Waals surface area contributed by atoms with Crippen LogP contribution in [0.15, 0.2) is 80.9 Å². The van der Waals surface area contributed by atoms with E-state index in [1.807, 2.05) is 31.2 Å². The Balaban J connectivity index is 1.75. The molecular weight excluding hydrogens is 428 g/mol. The summed E-state index contributed by atoms with van der Waals surface area (Å²) in [5.74, 6) is -0.603. The van der Waals surface area contributed by atoms with Crippen LogP contribution in [-0.4, -0.2) is 28.9 Å². The van der Waals surface area contributed by atoms with Gasteiger partial charge in [-0.15, -0.1) is 4.40 Å². The van der Waals surface area contributed by atoms with Gasteiger partial charge in [-0.3, -0.25) is 9.36 Å². The Labute approximate surface area is 183 Å². The van der Waals surface area contributed by atoms with Gasteiger partial charge in [-0.1, -0.05) is 42.0 Å². The molecule has 32 heavy (non-hydrogen) atoms. The molecule has 1 aliphatic heterocycles. The topological polar surface area (TPSA) is 114 Å². The first-order chi connectivity index (χ1) is 15.3. The lowest BCUT2D eigenvalue weighted by Gasteiger charge is -2.20. The first-order valence-corrected chi connectivity index (χ1v) is 11.3. The monoisotopic (exact) mass is 446 g/mol. The van der Waals surface area contributed by atoms with Gasteiger partial charge in [0.15, 0.2) is 5.84 Å². The molecule has 5 rings (SSSR count). The van der Waals surface area contributed by atoms with Gasteiger partial charge in [0.2, 0.25) is 0 Å². The highest BCUT2D eigenvalue weighted by Crippen LogP contribution is 2.31. The van der Waals surface area contributed by atoms with Crippen molar-refractivity contribution in [2.75, 3.05) is 5.32 Å². The second kappa shape index (κ2) is 7.31. The van der Waals surface area contributed by atoms with Gasteiger partial charge in [0.05, 0.1) is 17.6 Å². The van der Waals surface area contributed by atoms with Gasteiger partial charge >= 0.3 is 0 Å². The molecular formula is C23H18N4O4S. The molecule has 0 radical (unpaired) electrons. The highest BCUT2D eigenvalue weighted by molar-refractivity contribution is 7.90. The molecule has 2 aromatic carbocycles. The average molecular weight is 446 g/mol. The van der Waals surface area contributed by atoms with Crippen molar-refractivity contribution in [2.24, 2.45) is 4.40 Å². The summed E-state index contributed by atoms with van der Waals surface area (Å²) in [5, 5.41) is 14.2. The lowest BCUT2D eigenvalue weighted by molar-refractivity contribution is 0.477. The summed E-state index contributed by atoms with van der Waals surface area (Å²) in [7, 11) is -4.05. The van der Waals surface area contributed by atoms with Crippen LogP contribution in [0.4, 0.5) is 5.69 Å². The zero-order valence-corrected chi connectivity index (χ0v) is 17.8. The minimum Gasteiger partial charge on any atom is -0.506 e. The average Bonchev–Trinajstić information content (AvgIpc) is 2.78. The molecule has 0 atom stereocenters. The van der Waals surface area contributed by atoms with Crippen molar-refractivity contribution < 1.29 is 13.5 Å². The summed E-state index contributed by atoms with van der Waals surface area (Å²) >= 11 is 0. The van der Waals surface area contributed by atoms with Crippen LogP contribution < -0.4 is 10.9 Å². The van der Waals surface area contributed by atoms with Crippen molar-refractivity contribution in [2.45, 2.75) is 18.4 Å². The minimum atomic E-state index is -4.05. The number of para-hydroxylation sites is 1. The Morgan fingerprint density at radius 1 is 1.03 bits per heavy atom.